The van der Waals surface area contributed by atoms with Gasteiger partial charge < -0.3 is 9.47 Å². The highest BCUT2D eigenvalue weighted by Crippen LogP contribution is 2.43. The van der Waals surface area contributed by atoms with Gasteiger partial charge in [-0.3, -0.25) is 0 Å². The minimum Gasteiger partial charge on any atom is -0.395 e. The van der Waals surface area contributed by atoms with Crippen LogP contribution in [0.4, 0.5) is 8.78 Å². The smallest absolute Gasteiger partial charge is 0.395 e. The van der Waals surface area contributed by atoms with Crippen LogP contribution in [-0.2, 0) is 15.6 Å². The van der Waals surface area contributed by atoms with Crippen LogP contribution in [0.3, 0.4) is 0 Å². The number of benzene rings is 1. The van der Waals surface area contributed by atoms with Crippen molar-refractivity contribution in [1.82, 2.24) is 0 Å². The molecule has 0 unspecified atom stereocenters. The van der Waals surface area contributed by atoms with E-state index in [-0.39, 0.29) is 22.8 Å². The molecule has 1 aromatic rings. The molecule has 0 aromatic heterocycles. The second-order valence-electron chi connectivity index (χ2n) is 3.48. The molecular weight excluding hydrogens is 242 g/mol. The van der Waals surface area contributed by atoms with E-state index in [1.165, 1.54) is 18.2 Å². The van der Waals surface area contributed by atoms with E-state index < -0.39 is 16.1 Å². The summed E-state index contributed by atoms with van der Waals surface area (Å²) in [7, 11) is -3.32. The summed E-state index contributed by atoms with van der Waals surface area (Å²) in [5.41, 5.74) is 0.164. The van der Waals surface area contributed by atoms with E-state index in [1.54, 1.807) is 0 Å². The first-order chi connectivity index (χ1) is 7.27. The van der Waals surface area contributed by atoms with Gasteiger partial charge >= 0.3 is 6.29 Å². The molecule has 1 aliphatic heterocycles. The summed E-state index contributed by atoms with van der Waals surface area (Å²) in [5.74, 6) is -0.723. The second kappa shape index (κ2) is 3.31. The molecule has 0 saturated heterocycles. The largest absolute Gasteiger partial charge is 0.586 e. The molecule has 0 saturated carbocycles. The van der Waals surface area contributed by atoms with Crippen molar-refractivity contribution in [2.45, 2.75) is 12.0 Å². The van der Waals surface area contributed by atoms with Crippen molar-refractivity contribution in [2.24, 2.45) is 0 Å². The zero-order chi connectivity index (χ0) is 12.0. The lowest BCUT2D eigenvalue weighted by Crippen LogP contribution is -2.26. The molecule has 0 atom stereocenters. The van der Waals surface area contributed by atoms with Gasteiger partial charge in [0, 0.05) is 11.8 Å². The van der Waals surface area contributed by atoms with E-state index in [4.69, 9.17) is 0 Å². The lowest BCUT2D eigenvalue weighted by Gasteiger charge is -2.06. The Balaban J connectivity index is 2.41. The third kappa shape index (κ3) is 2.24. The summed E-state index contributed by atoms with van der Waals surface area (Å²) in [6.07, 6.45) is -2.71. The van der Waals surface area contributed by atoms with Gasteiger partial charge in [-0.2, -0.15) is 0 Å². The highest BCUT2D eigenvalue weighted by Gasteiger charge is 2.44. The van der Waals surface area contributed by atoms with Crippen molar-refractivity contribution in [1.29, 1.82) is 0 Å². The van der Waals surface area contributed by atoms with Crippen LogP contribution in [0.1, 0.15) is 5.56 Å². The van der Waals surface area contributed by atoms with Crippen molar-refractivity contribution < 1.29 is 26.7 Å². The number of sulfone groups is 1. The van der Waals surface area contributed by atoms with Gasteiger partial charge in [0.2, 0.25) is 0 Å². The molecule has 0 bridgehead atoms. The quantitative estimate of drug-likeness (QED) is 0.799. The van der Waals surface area contributed by atoms with Crippen LogP contribution < -0.4 is 9.47 Å². The van der Waals surface area contributed by atoms with Crippen LogP contribution >= 0.6 is 0 Å². The summed E-state index contributed by atoms with van der Waals surface area (Å²) in [6, 6.07) is 4.14. The minimum atomic E-state index is -3.73. The van der Waals surface area contributed by atoms with Crippen molar-refractivity contribution in [3.05, 3.63) is 23.8 Å². The number of hydrogen-bond acceptors (Lipinski definition) is 4. The molecule has 1 aromatic carbocycles. The summed E-state index contributed by atoms with van der Waals surface area (Å²) < 4.78 is 56.1. The van der Waals surface area contributed by atoms with Gasteiger partial charge in [-0.05, 0) is 6.07 Å². The Morgan fingerprint density at radius 3 is 2.62 bits per heavy atom. The number of halogens is 2. The van der Waals surface area contributed by atoms with Crippen LogP contribution in [-0.4, -0.2) is 21.0 Å². The maximum Gasteiger partial charge on any atom is 0.586 e. The van der Waals surface area contributed by atoms with E-state index in [2.05, 4.69) is 9.47 Å². The van der Waals surface area contributed by atoms with E-state index in [1.807, 2.05) is 0 Å². The van der Waals surface area contributed by atoms with Crippen molar-refractivity contribution in [3.8, 4) is 11.5 Å². The fourth-order valence-corrected chi connectivity index (χ4v) is 2.21. The van der Waals surface area contributed by atoms with Gasteiger partial charge in [0.15, 0.2) is 21.3 Å². The number of fused-ring (bicyclic) bond motifs is 1. The zero-order valence-electron chi connectivity index (χ0n) is 8.24. The Hall–Kier alpha value is -1.37. The molecule has 1 aliphatic rings. The number of hydrogen-bond donors (Lipinski definition) is 0. The summed E-state index contributed by atoms with van der Waals surface area (Å²) >= 11 is 0. The molecule has 16 heavy (non-hydrogen) atoms. The van der Waals surface area contributed by atoms with Crippen LogP contribution in [0.5, 0.6) is 11.5 Å². The summed E-state index contributed by atoms with van der Waals surface area (Å²) in [5, 5.41) is 0. The highest BCUT2D eigenvalue weighted by molar-refractivity contribution is 7.89. The first-order valence-corrected chi connectivity index (χ1v) is 6.38. The average Bonchev–Trinajstić information content (AvgIpc) is 2.37. The molecule has 0 radical (unpaired) electrons. The highest BCUT2D eigenvalue weighted by atomic mass is 32.2. The zero-order valence-corrected chi connectivity index (χ0v) is 9.05. The molecule has 0 N–H and O–H groups in total. The molecule has 2 rings (SSSR count). The molecule has 4 nitrogen and oxygen atoms in total. The predicted molar refractivity (Wildman–Crippen MR) is 51.2 cm³/mol. The molecule has 0 aliphatic carbocycles. The normalized spacial score (nSPS) is 17.4. The van der Waals surface area contributed by atoms with Crippen molar-refractivity contribution >= 4 is 9.84 Å². The molecule has 0 amide bonds. The Labute approximate surface area is 90.7 Å². The summed E-state index contributed by atoms with van der Waals surface area (Å²) in [6.45, 7) is 0. The maximum absolute atomic E-state index is 12.8. The fourth-order valence-electron chi connectivity index (χ4n) is 1.42. The SMILES string of the molecule is CS(=O)(=O)Cc1cccc2c1OC(F)(F)O2. The Morgan fingerprint density at radius 1 is 1.31 bits per heavy atom. The Kier molecular flexibility index (Phi) is 2.30. The third-order valence-corrected chi connectivity index (χ3v) is 2.76. The number of rotatable bonds is 2. The van der Waals surface area contributed by atoms with E-state index in [0.717, 1.165) is 6.26 Å². The van der Waals surface area contributed by atoms with Gasteiger partial charge in [-0.25, -0.2) is 8.42 Å². The van der Waals surface area contributed by atoms with E-state index in [0.29, 0.717) is 0 Å². The molecular formula is C9H8F2O4S. The fraction of sp³-hybridized carbons (Fsp3) is 0.333. The minimum absolute atomic E-state index is 0.147. The lowest BCUT2D eigenvalue weighted by atomic mass is 10.2. The molecule has 1 heterocycles. The Morgan fingerprint density at radius 2 is 2.00 bits per heavy atom. The monoisotopic (exact) mass is 250 g/mol. The number of alkyl halides is 2. The molecule has 0 fully saturated rings. The van der Waals surface area contributed by atoms with Crippen LogP contribution in [0.15, 0.2) is 18.2 Å². The van der Waals surface area contributed by atoms with Gasteiger partial charge in [-0.15, -0.1) is 8.78 Å². The van der Waals surface area contributed by atoms with Crippen LogP contribution in [0.2, 0.25) is 0 Å². The number of para-hydroxylation sites is 1. The average molecular weight is 250 g/mol. The Bertz CT molecular complexity index is 524. The van der Waals surface area contributed by atoms with E-state index >= 15 is 0 Å². The lowest BCUT2D eigenvalue weighted by molar-refractivity contribution is -0.286. The maximum atomic E-state index is 12.8. The molecule has 7 heteroatoms. The molecule has 0 spiro atoms. The van der Waals surface area contributed by atoms with Gasteiger partial charge in [0.1, 0.15) is 0 Å². The van der Waals surface area contributed by atoms with E-state index in [9.17, 15) is 17.2 Å². The summed E-state index contributed by atoms with van der Waals surface area (Å²) in [4.78, 5) is 0. The predicted octanol–water partition coefficient (Wildman–Crippen LogP) is 1.55. The first-order valence-electron chi connectivity index (χ1n) is 4.32. The van der Waals surface area contributed by atoms with Gasteiger partial charge in [0.05, 0.1) is 5.75 Å². The third-order valence-electron chi connectivity index (χ3n) is 1.93. The molecule has 88 valence electrons. The van der Waals surface area contributed by atoms with Gasteiger partial charge in [0.25, 0.3) is 0 Å². The van der Waals surface area contributed by atoms with Crippen molar-refractivity contribution in [3.63, 3.8) is 0 Å². The standard InChI is InChI=1S/C9H8F2O4S/c1-16(12,13)5-6-3-2-4-7-8(6)15-9(10,11)14-7/h2-4H,5H2,1H3. The van der Waals surface area contributed by atoms with Crippen molar-refractivity contribution in [2.75, 3.05) is 6.26 Å². The number of ether oxygens (including phenoxy) is 2. The van der Waals surface area contributed by atoms with Gasteiger partial charge in [-0.1, -0.05) is 12.1 Å². The second-order valence-corrected chi connectivity index (χ2v) is 5.62. The topological polar surface area (TPSA) is 52.6 Å². The van der Waals surface area contributed by atoms with Crippen LogP contribution in [0.25, 0.3) is 0 Å². The van der Waals surface area contributed by atoms with Crippen LogP contribution in [0, 0.1) is 0 Å². The first kappa shape index (κ1) is 11.1.